The van der Waals surface area contributed by atoms with Gasteiger partial charge in [0.25, 0.3) is 0 Å². The number of nitrogens with zero attached hydrogens (tertiary/aromatic N) is 1. The molecule has 0 bridgehead atoms. The monoisotopic (exact) mass is 224 g/mol. The maximum atomic E-state index is 3.67. The first-order chi connectivity index (χ1) is 7.66. The van der Waals surface area contributed by atoms with Gasteiger partial charge in [0.15, 0.2) is 0 Å². The lowest BCUT2D eigenvalue weighted by molar-refractivity contribution is 0.0760. The van der Waals surface area contributed by atoms with Crippen molar-refractivity contribution in [2.45, 2.75) is 58.5 Å². The van der Waals surface area contributed by atoms with Gasteiger partial charge in [0, 0.05) is 31.7 Å². The van der Waals surface area contributed by atoms with Gasteiger partial charge in [-0.2, -0.15) is 0 Å². The zero-order valence-corrected chi connectivity index (χ0v) is 11.2. The average molecular weight is 224 g/mol. The summed E-state index contributed by atoms with van der Waals surface area (Å²) in [4.78, 5) is 2.73. The molecule has 1 heterocycles. The molecule has 16 heavy (non-hydrogen) atoms. The predicted molar refractivity (Wildman–Crippen MR) is 69.6 cm³/mol. The first-order valence-electron chi connectivity index (χ1n) is 7.14. The minimum atomic E-state index is 0.733. The Labute approximate surface area is 101 Å². The molecular formula is C14H28N2. The lowest BCUT2D eigenvalue weighted by Crippen LogP contribution is -2.55. The molecule has 2 atom stereocenters. The normalized spacial score (nSPS) is 30.4. The van der Waals surface area contributed by atoms with E-state index in [0.29, 0.717) is 0 Å². The van der Waals surface area contributed by atoms with Crippen LogP contribution in [0, 0.1) is 11.8 Å². The number of rotatable bonds is 4. The molecule has 1 saturated heterocycles. The summed E-state index contributed by atoms with van der Waals surface area (Å²) < 4.78 is 0. The molecule has 0 spiro atoms. The smallest absolute Gasteiger partial charge is 0.0198 e. The van der Waals surface area contributed by atoms with Gasteiger partial charge in [0.05, 0.1) is 0 Å². The van der Waals surface area contributed by atoms with Crippen LogP contribution in [0.2, 0.25) is 0 Å². The van der Waals surface area contributed by atoms with Gasteiger partial charge in [-0.05, 0) is 38.0 Å². The minimum Gasteiger partial charge on any atom is -0.311 e. The third kappa shape index (κ3) is 2.98. The maximum absolute atomic E-state index is 3.67. The molecule has 2 nitrogen and oxygen atoms in total. The summed E-state index contributed by atoms with van der Waals surface area (Å²) in [5.41, 5.74) is 0. The molecule has 2 fully saturated rings. The lowest BCUT2D eigenvalue weighted by Gasteiger charge is -2.43. The van der Waals surface area contributed by atoms with Gasteiger partial charge in [0.2, 0.25) is 0 Å². The maximum Gasteiger partial charge on any atom is 0.0198 e. The van der Waals surface area contributed by atoms with Gasteiger partial charge in [-0.3, -0.25) is 4.90 Å². The van der Waals surface area contributed by atoms with E-state index < -0.39 is 0 Å². The van der Waals surface area contributed by atoms with Crippen LogP contribution in [0.4, 0.5) is 0 Å². The van der Waals surface area contributed by atoms with Crippen molar-refractivity contribution in [2.24, 2.45) is 11.8 Å². The summed E-state index contributed by atoms with van der Waals surface area (Å²) in [5.74, 6) is 1.81. The molecule has 1 aliphatic carbocycles. The summed E-state index contributed by atoms with van der Waals surface area (Å²) in [5, 5.41) is 3.67. The van der Waals surface area contributed by atoms with Crippen molar-refractivity contribution in [1.29, 1.82) is 0 Å². The van der Waals surface area contributed by atoms with Gasteiger partial charge in [-0.15, -0.1) is 0 Å². The molecule has 0 radical (unpaired) electrons. The molecule has 2 aliphatic rings. The largest absolute Gasteiger partial charge is 0.311 e. The molecule has 1 saturated carbocycles. The van der Waals surface area contributed by atoms with Gasteiger partial charge in [-0.25, -0.2) is 0 Å². The van der Waals surface area contributed by atoms with Gasteiger partial charge >= 0.3 is 0 Å². The second kappa shape index (κ2) is 5.50. The molecule has 0 amide bonds. The first-order valence-corrected chi connectivity index (χ1v) is 7.14. The predicted octanol–water partition coefficient (Wildman–Crippen LogP) is 2.49. The Morgan fingerprint density at radius 3 is 2.56 bits per heavy atom. The second-order valence-electron chi connectivity index (χ2n) is 6.21. The van der Waals surface area contributed by atoms with Crippen LogP contribution in [-0.4, -0.2) is 36.6 Å². The molecular weight excluding hydrogens is 196 g/mol. The van der Waals surface area contributed by atoms with Gasteiger partial charge in [-0.1, -0.05) is 20.3 Å². The Kier molecular flexibility index (Phi) is 4.26. The van der Waals surface area contributed by atoms with Crippen molar-refractivity contribution in [3.8, 4) is 0 Å². The van der Waals surface area contributed by atoms with E-state index in [0.717, 1.165) is 23.9 Å². The average Bonchev–Trinajstić information content (AvgIpc) is 2.14. The number of nitrogens with one attached hydrogen (secondary N) is 1. The Morgan fingerprint density at radius 1 is 1.25 bits per heavy atom. The van der Waals surface area contributed by atoms with Crippen LogP contribution in [0.15, 0.2) is 0 Å². The molecule has 94 valence electrons. The van der Waals surface area contributed by atoms with Crippen LogP contribution in [0.1, 0.15) is 46.5 Å². The van der Waals surface area contributed by atoms with E-state index in [1.807, 2.05) is 0 Å². The van der Waals surface area contributed by atoms with Crippen molar-refractivity contribution in [3.63, 3.8) is 0 Å². The minimum absolute atomic E-state index is 0.733. The Morgan fingerprint density at radius 2 is 2.00 bits per heavy atom. The van der Waals surface area contributed by atoms with E-state index in [1.54, 1.807) is 0 Å². The third-order valence-corrected chi connectivity index (χ3v) is 4.45. The highest BCUT2D eigenvalue weighted by Gasteiger charge is 2.31. The van der Waals surface area contributed by atoms with Crippen LogP contribution < -0.4 is 5.32 Å². The highest BCUT2D eigenvalue weighted by Crippen LogP contribution is 2.32. The Balaban J connectivity index is 1.80. The Hall–Kier alpha value is -0.0800. The second-order valence-corrected chi connectivity index (χ2v) is 6.21. The van der Waals surface area contributed by atoms with Crippen LogP contribution in [0.25, 0.3) is 0 Å². The van der Waals surface area contributed by atoms with E-state index >= 15 is 0 Å². The fourth-order valence-corrected chi connectivity index (χ4v) is 3.17. The molecule has 0 aromatic carbocycles. The van der Waals surface area contributed by atoms with Crippen LogP contribution in [-0.2, 0) is 0 Å². The molecule has 1 aliphatic heterocycles. The van der Waals surface area contributed by atoms with Crippen LogP contribution >= 0.6 is 0 Å². The van der Waals surface area contributed by atoms with Crippen molar-refractivity contribution in [1.82, 2.24) is 10.2 Å². The summed E-state index contributed by atoms with van der Waals surface area (Å²) in [6.45, 7) is 10.8. The molecule has 2 unspecified atom stereocenters. The van der Waals surface area contributed by atoms with E-state index in [-0.39, 0.29) is 0 Å². The summed E-state index contributed by atoms with van der Waals surface area (Å²) in [7, 11) is 0. The molecule has 2 rings (SSSR count). The highest BCUT2D eigenvalue weighted by atomic mass is 15.2. The zero-order chi connectivity index (χ0) is 11.5. The third-order valence-electron chi connectivity index (χ3n) is 4.45. The quantitative estimate of drug-likeness (QED) is 0.789. The Bertz CT molecular complexity index is 211. The van der Waals surface area contributed by atoms with Crippen molar-refractivity contribution >= 4 is 0 Å². The van der Waals surface area contributed by atoms with E-state index in [2.05, 4.69) is 31.0 Å². The van der Waals surface area contributed by atoms with Crippen molar-refractivity contribution < 1.29 is 0 Å². The summed E-state index contributed by atoms with van der Waals surface area (Å²) in [6, 6.07) is 1.56. The van der Waals surface area contributed by atoms with Crippen LogP contribution in [0.3, 0.4) is 0 Å². The summed E-state index contributed by atoms with van der Waals surface area (Å²) in [6.07, 6.45) is 5.74. The topological polar surface area (TPSA) is 15.3 Å². The molecule has 0 aromatic heterocycles. The molecule has 0 aromatic rings. The van der Waals surface area contributed by atoms with Gasteiger partial charge in [0.1, 0.15) is 0 Å². The summed E-state index contributed by atoms with van der Waals surface area (Å²) >= 11 is 0. The van der Waals surface area contributed by atoms with Crippen molar-refractivity contribution in [2.75, 3.05) is 19.6 Å². The lowest BCUT2D eigenvalue weighted by atomic mass is 9.79. The van der Waals surface area contributed by atoms with E-state index in [1.165, 1.54) is 45.3 Å². The fraction of sp³-hybridized carbons (Fsp3) is 1.00. The number of hydrogen-bond acceptors (Lipinski definition) is 2. The molecule has 1 N–H and O–H groups in total. The van der Waals surface area contributed by atoms with Gasteiger partial charge < -0.3 is 5.32 Å². The van der Waals surface area contributed by atoms with Crippen molar-refractivity contribution in [3.05, 3.63) is 0 Å². The standard InChI is InChI=1S/C14H28N2/c1-11(2)9-14-10-16(8-7-15-14)12(3)13-5-4-6-13/h11-15H,4-10H2,1-3H3. The van der Waals surface area contributed by atoms with Crippen LogP contribution in [0.5, 0.6) is 0 Å². The first kappa shape index (κ1) is 12.4. The number of hydrogen-bond donors (Lipinski definition) is 1. The van der Waals surface area contributed by atoms with E-state index in [9.17, 15) is 0 Å². The van der Waals surface area contributed by atoms with E-state index in [4.69, 9.17) is 0 Å². The SMILES string of the molecule is CC(C)CC1CN(C(C)C2CCC2)CCN1. The number of piperazine rings is 1. The molecule has 2 heteroatoms. The highest BCUT2D eigenvalue weighted by molar-refractivity contribution is 4.87. The zero-order valence-electron chi connectivity index (χ0n) is 11.2. The fourth-order valence-electron chi connectivity index (χ4n) is 3.17.